The van der Waals surface area contributed by atoms with Crippen molar-refractivity contribution in [2.24, 2.45) is 0 Å². The van der Waals surface area contributed by atoms with Gasteiger partial charge in [0, 0.05) is 12.1 Å². The van der Waals surface area contributed by atoms with Crippen molar-refractivity contribution in [2.75, 3.05) is 24.3 Å². The van der Waals surface area contributed by atoms with E-state index in [-0.39, 0.29) is 5.91 Å². The number of unbranched alkanes of at least 4 members (excludes halogenated alkanes) is 2. The Morgan fingerprint density at radius 3 is 2.47 bits per heavy atom. The van der Waals surface area contributed by atoms with E-state index >= 15 is 0 Å². The van der Waals surface area contributed by atoms with Gasteiger partial charge in [-0.1, -0.05) is 29.6 Å². The average molecular weight is 321 g/mol. The monoisotopic (exact) mass is 320 g/mol. The molecule has 0 aliphatic carbocycles. The van der Waals surface area contributed by atoms with Crippen LogP contribution in [0.3, 0.4) is 0 Å². The highest BCUT2D eigenvalue weighted by molar-refractivity contribution is 7.98. The highest BCUT2D eigenvalue weighted by atomic mass is 35.5. The first-order valence-electron chi connectivity index (χ1n) is 6.08. The van der Waals surface area contributed by atoms with Gasteiger partial charge < -0.3 is 11.1 Å². The molecule has 0 saturated carbocycles. The molecule has 0 unspecified atom stereocenters. The summed E-state index contributed by atoms with van der Waals surface area (Å²) in [6.45, 7) is 0.660. The van der Waals surface area contributed by atoms with Gasteiger partial charge >= 0.3 is 0 Å². The van der Waals surface area contributed by atoms with Gasteiger partial charge in [-0.25, -0.2) is 0 Å². The number of benzene rings is 1. The number of halogens is 2. The van der Waals surface area contributed by atoms with Gasteiger partial charge in [-0.3, -0.25) is 4.79 Å². The Labute approximate surface area is 128 Å². The molecule has 19 heavy (non-hydrogen) atoms. The number of nitrogen functional groups attached to an aromatic ring is 1. The molecular weight excluding hydrogens is 303 g/mol. The number of thioether (sulfide) groups is 1. The first-order chi connectivity index (χ1) is 9.06. The van der Waals surface area contributed by atoms with Crippen LogP contribution in [0.4, 0.5) is 5.69 Å². The first-order valence-corrected chi connectivity index (χ1v) is 8.23. The van der Waals surface area contributed by atoms with Crippen LogP contribution in [-0.2, 0) is 0 Å². The van der Waals surface area contributed by atoms with Crippen LogP contribution in [0, 0.1) is 0 Å². The van der Waals surface area contributed by atoms with Crippen molar-refractivity contribution in [3.8, 4) is 0 Å². The van der Waals surface area contributed by atoms with Crippen LogP contribution in [-0.4, -0.2) is 24.5 Å². The lowest BCUT2D eigenvalue weighted by molar-refractivity contribution is 0.0953. The molecule has 1 aromatic rings. The molecule has 6 heteroatoms. The molecule has 0 aliphatic rings. The van der Waals surface area contributed by atoms with Crippen molar-refractivity contribution in [3.63, 3.8) is 0 Å². The number of rotatable bonds is 7. The summed E-state index contributed by atoms with van der Waals surface area (Å²) in [6.07, 6.45) is 5.36. The topological polar surface area (TPSA) is 55.1 Å². The van der Waals surface area contributed by atoms with E-state index in [1.807, 2.05) is 11.8 Å². The minimum atomic E-state index is -0.173. The molecule has 1 aromatic carbocycles. The fourth-order valence-corrected chi connectivity index (χ4v) is 2.55. The number of carbonyl (C=O) groups excluding carboxylic acids is 1. The quantitative estimate of drug-likeness (QED) is 0.593. The standard InChI is InChI=1S/C13H18Cl2N2OS/c1-19-6-4-2-3-5-17-13(18)9-7-10(14)12(16)11(15)8-9/h7-8H,2-6,16H2,1H3,(H,17,18). The zero-order valence-corrected chi connectivity index (χ0v) is 13.2. The molecule has 3 N–H and O–H groups in total. The normalized spacial score (nSPS) is 10.5. The van der Waals surface area contributed by atoms with Crippen molar-refractivity contribution in [1.82, 2.24) is 5.32 Å². The SMILES string of the molecule is CSCCCCCNC(=O)c1cc(Cl)c(N)c(Cl)c1. The van der Waals surface area contributed by atoms with Gasteiger partial charge in [-0.05, 0) is 37.0 Å². The van der Waals surface area contributed by atoms with Crippen LogP contribution in [0.15, 0.2) is 12.1 Å². The number of anilines is 1. The van der Waals surface area contributed by atoms with E-state index in [1.165, 1.54) is 18.6 Å². The Kier molecular flexibility index (Phi) is 7.42. The molecule has 0 spiro atoms. The van der Waals surface area contributed by atoms with Crippen molar-refractivity contribution in [3.05, 3.63) is 27.7 Å². The Morgan fingerprint density at radius 1 is 1.26 bits per heavy atom. The second kappa shape index (κ2) is 8.56. The summed E-state index contributed by atoms with van der Waals surface area (Å²) < 4.78 is 0. The molecule has 0 bridgehead atoms. The fourth-order valence-electron chi connectivity index (χ4n) is 1.57. The maximum absolute atomic E-state index is 11.9. The van der Waals surface area contributed by atoms with E-state index in [9.17, 15) is 4.79 Å². The second-order valence-electron chi connectivity index (χ2n) is 4.16. The lowest BCUT2D eigenvalue weighted by atomic mass is 10.2. The van der Waals surface area contributed by atoms with Crippen molar-refractivity contribution >= 4 is 46.6 Å². The number of amides is 1. The van der Waals surface area contributed by atoms with Gasteiger partial charge in [0.15, 0.2) is 0 Å². The lowest BCUT2D eigenvalue weighted by Crippen LogP contribution is -2.24. The summed E-state index contributed by atoms with van der Waals surface area (Å²) in [7, 11) is 0. The summed E-state index contributed by atoms with van der Waals surface area (Å²) in [6, 6.07) is 3.07. The van der Waals surface area contributed by atoms with E-state index in [0.717, 1.165) is 18.6 Å². The molecule has 1 amide bonds. The van der Waals surface area contributed by atoms with Crippen LogP contribution in [0.25, 0.3) is 0 Å². The van der Waals surface area contributed by atoms with E-state index in [0.29, 0.717) is 27.8 Å². The van der Waals surface area contributed by atoms with Crippen molar-refractivity contribution in [2.45, 2.75) is 19.3 Å². The first kappa shape index (κ1) is 16.5. The zero-order valence-electron chi connectivity index (χ0n) is 10.8. The number of nitrogens with one attached hydrogen (secondary N) is 1. The number of nitrogens with two attached hydrogens (primary N) is 1. The van der Waals surface area contributed by atoms with Gasteiger partial charge in [-0.15, -0.1) is 0 Å². The smallest absolute Gasteiger partial charge is 0.251 e. The van der Waals surface area contributed by atoms with Crippen LogP contribution >= 0.6 is 35.0 Å². The lowest BCUT2D eigenvalue weighted by Gasteiger charge is -2.08. The summed E-state index contributed by atoms with van der Waals surface area (Å²) >= 11 is 13.6. The van der Waals surface area contributed by atoms with Crippen LogP contribution in [0.1, 0.15) is 29.6 Å². The van der Waals surface area contributed by atoms with E-state index in [4.69, 9.17) is 28.9 Å². The van der Waals surface area contributed by atoms with Gasteiger partial charge in [0.1, 0.15) is 0 Å². The van der Waals surface area contributed by atoms with Crippen LogP contribution < -0.4 is 11.1 Å². The van der Waals surface area contributed by atoms with Gasteiger partial charge in [0.05, 0.1) is 15.7 Å². The fraction of sp³-hybridized carbons (Fsp3) is 0.462. The highest BCUT2D eigenvalue weighted by Gasteiger charge is 2.10. The molecule has 0 saturated heterocycles. The molecule has 106 valence electrons. The largest absolute Gasteiger partial charge is 0.396 e. The molecule has 0 fully saturated rings. The highest BCUT2D eigenvalue weighted by Crippen LogP contribution is 2.28. The molecule has 0 aromatic heterocycles. The third-order valence-electron chi connectivity index (χ3n) is 2.65. The number of hydrogen-bond acceptors (Lipinski definition) is 3. The molecule has 3 nitrogen and oxygen atoms in total. The van der Waals surface area contributed by atoms with E-state index in [1.54, 1.807) is 0 Å². The van der Waals surface area contributed by atoms with Gasteiger partial charge in [-0.2, -0.15) is 11.8 Å². The Bertz CT molecular complexity index is 418. The van der Waals surface area contributed by atoms with Gasteiger partial charge in [0.2, 0.25) is 0 Å². The zero-order chi connectivity index (χ0) is 14.3. The second-order valence-corrected chi connectivity index (χ2v) is 5.96. The summed E-state index contributed by atoms with van der Waals surface area (Å²) in [5.41, 5.74) is 6.36. The minimum absolute atomic E-state index is 0.173. The van der Waals surface area contributed by atoms with Crippen molar-refractivity contribution < 1.29 is 4.79 Å². The number of carbonyl (C=O) groups is 1. The molecule has 0 atom stereocenters. The predicted octanol–water partition coefficient (Wildman–Crippen LogP) is 3.84. The molecule has 1 rings (SSSR count). The molecule has 0 aliphatic heterocycles. The molecular formula is C13H18Cl2N2OS. The maximum Gasteiger partial charge on any atom is 0.251 e. The Morgan fingerprint density at radius 2 is 1.89 bits per heavy atom. The Balaban J connectivity index is 2.42. The maximum atomic E-state index is 11.9. The third-order valence-corrected chi connectivity index (χ3v) is 3.97. The van der Waals surface area contributed by atoms with Crippen molar-refractivity contribution in [1.29, 1.82) is 0 Å². The Hall–Kier alpha value is -0.580. The summed E-state index contributed by atoms with van der Waals surface area (Å²) in [4.78, 5) is 11.9. The van der Waals surface area contributed by atoms with Crippen LogP contribution in [0.5, 0.6) is 0 Å². The van der Waals surface area contributed by atoms with Crippen LogP contribution in [0.2, 0.25) is 10.0 Å². The number of hydrogen-bond donors (Lipinski definition) is 2. The average Bonchev–Trinajstić information content (AvgIpc) is 2.39. The molecule has 0 heterocycles. The third kappa shape index (κ3) is 5.51. The molecule has 0 radical (unpaired) electrons. The van der Waals surface area contributed by atoms with Gasteiger partial charge in [0.25, 0.3) is 5.91 Å². The minimum Gasteiger partial charge on any atom is -0.396 e. The van der Waals surface area contributed by atoms with E-state index in [2.05, 4.69) is 11.6 Å². The predicted molar refractivity (Wildman–Crippen MR) is 85.4 cm³/mol. The summed E-state index contributed by atoms with van der Waals surface area (Å²) in [5, 5.41) is 3.45. The van der Waals surface area contributed by atoms with E-state index < -0.39 is 0 Å². The summed E-state index contributed by atoms with van der Waals surface area (Å²) in [5.74, 6) is 0.991.